The smallest absolute Gasteiger partial charge is 0.255 e. The number of halogens is 2. The molecular weight excluding hydrogens is 433 g/mol. The largest absolute Gasteiger partial charge is 0.494 e. The van der Waals surface area contributed by atoms with Crippen LogP contribution in [-0.4, -0.2) is 32.8 Å². The van der Waals surface area contributed by atoms with E-state index in [0.717, 1.165) is 27.8 Å². The maximum atomic E-state index is 12.5. The Kier molecular flexibility index (Phi) is 5.40. The lowest BCUT2D eigenvalue weighted by Crippen LogP contribution is -2.12. The second kappa shape index (κ2) is 7.98. The number of rotatable bonds is 5. The minimum atomic E-state index is -0.324. The highest BCUT2D eigenvalue weighted by Gasteiger charge is 2.15. The second-order valence-corrected chi connectivity index (χ2v) is 7.85. The average Bonchev–Trinajstić information content (AvgIpc) is 3.29. The van der Waals surface area contributed by atoms with E-state index in [4.69, 9.17) is 27.9 Å². The minimum Gasteiger partial charge on any atom is -0.494 e. The molecule has 29 heavy (non-hydrogen) atoms. The molecule has 0 aliphatic rings. The molecule has 1 amide bonds. The number of fused-ring (bicyclic) bond motifs is 1. The van der Waals surface area contributed by atoms with Gasteiger partial charge in [0.05, 0.1) is 17.2 Å². The van der Waals surface area contributed by atoms with Crippen molar-refractivity contribution in [1.82, 2.24) is 19.8 Å². The first-order valence-electron chi connectivity index (χ1n) is 8.66. The zero-order chi connectivity index (χ0) is 20.5. The van der Waals surface area contributed by atoms with E-state index < -0.39 is 0 Å². The Hall–Kier alpha value is -2.68. The number of ether oxygens (including phenoxy) is 1. The molecule has 2 aromatic carbocycles. The lowest BCUT2D eigenvalue weighted by molar-refractivity contribution is 0.102. The molecule has 4 aromatic rings. The number of hydrogen-bond donors (Lipinski definition) is 1. The number of aromatic nitrogens is 4. The van der Waals surface area contributed by atoms with E-state index in [2.05, 4.69) is 20.6 Å². The zero-order valence-corrected chi connectivity index (χ0v) is 17.8. The van der Waals surface area contributed by atoms with Crippen LogP contribution in [0.5, 0.6) is 5.75 Å². The summed E-state index contributed by atoms with van der Waals surface area (Å²) in [5.41, 5.74) is 1.90. The van der Waals surface area contributed by atoms with E-state index in [1.165, 1.54) is 30.6 Å². The summed E-state index contributed by atoms with van der Waals surface area (Å²) >= 11 is 13.7. The van der Waals surface area contributed by atoms with Gasteiger partial charge >= 0.3 is 0 Å². The van der Waals surface area contributed by atoms with Gasteiger partial charge in [0.2, 0.25) is 4.96 Å². The Morgan fingerprint density at radius 2 is 1.86 bits per heavy atom. The fraction of sp³-hybridized carbons (Fsp3) is 0.158. The first kappa shape index (κ1) is 19.6. The van der Waals surface area contributed by atoms with Crippen LogP contribution in [0.2, 0.25) is 10.0 Å². The van der Waals surface area contributed by atoms with Gasteiger partial charge in [0.25, 0.3) is 5.91 Å². The maximum Gasteiger partial charge on any atom is 0.255 e. The molecule has 2 aromatic heterocycles. The molecule has 0 aliphatic heterocycles. The van der Waals surface area contributed by atoms with Crippen LogP contribution in [0, 0.1) is 0 Å². The molecule has 0 bridgehead atoms. The van der Waals surface area contributed by atoms with Crippen LogP contribution in [0.4, 0.5) is 5.69 Å². The molecule has 0 atom stereocenters. The predicted octanol–water partition coefficient (Wildman–Crippen LogP) is 4.98. The summed E-state index contributed by atoms with van der Waals surface area (Å²) in [6.45, 7) is 2.01. The van der Waals surface area contributed by atoms with Crippen molar-refractivity contribution in [2.45, 2.75) is 13.3 Å². The Morgan fingerprint density at radius 1 is 1.17 bits per heavy atom. The number of benzene rings is 2. The number of hydrogen-bond acceptors (Lipinski definition) is 6. The van der Waals surface area contributed by atoms with Crippen molar-refractivity contribution < 1.29 is 9.53 Å². The third kappa shape index (κ3) is 3.78. The number of anilines is 1. The summed E-state index contributed by atoms with van der Waals surface area (Å²) in [5.74, 6) is 0.837. The topological polar surface area (TPSA) is 81.4 Å². The van der Waals surface area contributed by atoms with Crippen molar-refractivity contribution in [3.8, 4) is 16.3 Å². The van der Waals surface area contributed by atoms with Gasteiger partial charge in [-0.25, -0.2) is 0 Å². The van der Waals surface area contributed by atoms with E-state index in [1.54, 1.807) is 4.52 Å². The Morgan fingerprint density at radius 3 is 2.48 bits per heavy atom. The summed E-state index contributed by atoms with van der Waals surface area (Å²) in [4.78, 5) is 13.3. The predicted molar refractivity (Wildman–Crippen MR) is 114 cm³/mol. The normalized spacial score (nSPS) is 11.0. The van der Waals surface area contributed by atoms with Crippen LogP contribution in [-0.2, 0) is 6.42 Å². The SMILES string of the molecule is CCc1nnc2sc(-c3ccc(NC(=O)c4cc(Cl)c(OC)c(Cl)c4)cc3)nn12. The molecule has 148 valence electrons. The molecule has 0 radical (unpaired) electrons. The van der Waals surface area contributed by atoms with E-state index in [-0.39, 0.29) is 16.0 Å². The van der Waals surface area contributed by atoms with Gasteiger partial charge in [0.15, 0.2) is 11.6 Å². The van der Waals surface area contributed by atoms with E-state index in [0.29, 0.717) is 17.0 Å². The van der Waals surface area contributed by atoms with Crippen LogP contribution < -0.4 is 10.1 Å². The molecule has 0 saturated carbocycles. The summed E-state index contributed by atoms with van der Waals surface area (Å²) in [6.07, 6.45) is 0.759. The Labute approximate surface area is 180 Å². The third-order valence-corrected chi connectivity index (χ3v) is 5.74. The van der Waals surface area contributed by atoms with Gasteiger partial charge < -0.3 is 10.1 Å². The summed E-state index contributed by atoms with van der Waals surface area (Å²) in [6, 6.07) is 10.4. The Balaban J connectivity index is 1.53. The summed E-state index contributed by atoms with van der Waals surface area (Å²) in [5, 5.41) is 17.0. The van der Waals surface area contributed by atoms with Crippen LogP contribution >= 0.6 is 34.5 Å². The third-order valence-electron chi connectivity index (χ3n) is 4.23. The number of aryl methyl sites for hydroxylation is 1. The molecule has 1 N–H and O–H groups in total. The summed E-state index contributed by atoms with van der Waals surface area (Å²) in [7, 11) is 1.47. The number of carbonyl (C=O) groups excluding carboxylic acids is 1. The highest BCUT2D eigenvalue weighted by Crippen LogP contribution is 2.34. The highest BCUT2D eigenvalue weighted by molar-refractivity contribution is 7.19. The number of carbonyl (C=O) groups is 1. The molecule has 10 heteroatoms. The Bertz CT molecular complexity index is 1180. The molecule has 0 aliphatic carbocycles. The van der Waals surface area contributed by atoms with Crippen LogP contribution in [0.25, 0.3) is 15.5 Å². The first-order chi connectivity index (χ1) is 14.0. The molecule has 4 rings (SSSR count). The van der Waals surface area contributed by atoms with E-state index in [9.17, 15) is 4.79 Å². The van der Waals surface area contributed by atoms with Crippen molar-refractivity contribution in [2.24, 2.45) is 0 Å². The van der Waals surface area contributed by atoms with Crippen LogP contribution in [0.3, 0.4) is 0 Å². The van der Waals surface area contributed by atoms with Gasteiger partial charge in [-0.3, -0.25) is 4.79 Å². The molecule has 0 spiro atoms. The van der Waals surface area contributed by atoms with Crippen LogP contribution in [0.1, 0.15) is 23.1 Å². The standard InChI is InChI=1S/C19H15Cl2N5O2S/c1-3-15-23-24-19-26(15)25-18(29-19)10-4-6-12(7-5-10)22-17(27)11-8-13(20)16(28-2)14(21)9-11/h4-9H,3H2,1-2H3,(H,22,27). The van der Waals surface area contributed by atoms with Crippen molar-refractivity contribution in [1.29, 1.82) is 0 Å². The number of nitrogens with one attached hydrogen (secondary N) is 1. The number of methoxy groups -OCH3 is 1. The van der Waals surface area contributed by atoms with Crippen molar-refractivity contribution >= 4 is 51.1 Å². The van der Waals surface area contributed by atoms with Gasteiger partial charge in [-0.05, 0) is 36.4 Å². The lowest BCUT2D eigenvalue weighted by Gasteiger charge is -2.10. The van der Waals surface area contributed by atoms with Crippen molar-refractivity contribution in [3.63, 3.8) is 0 Å². The van der Waals surface area contributed by atoms with Crippen LogP contribution in [0.15, 0.2) is 36.4 Å². The maximum absolute atomic E-state index is 12.5. The zero-order valence-electron chi connectivity index (χ0n) is 15.4. The highest BCUT2D eigenvalue weighted by atomic mass is 35.5. The fourth-order valence-corrected chi connectivity index (χ4v) is 4.29. The molecule has 7 nitrogen and oxygen atoms in total. The molecule has 0 saturated heterocycles. The number of amides is 1. The molecule has 2 heterocycles. The fourth-order valence-electron chi connectivity index (χ4n) is 2.78. The van der Waals surface area contributed by atoms with Gasteiger partial charge in [-0.1, -0.05) is 41.5 Å². The van der Waals surface area contributed by atoms with Gasteiger partial charge in [0, 0.05) is 23.2 Å². The van der Waals surface area contributed by atoms with Gasteiger partial charge in [-0.15, -0.1) is 10.2 Å². The van der Waals surface area contributed by atoms with Crippen molar-refractivity contribution in [3.05, 3.63) is 57.8 Å². The van der Waals surface area contributed by atoms with E-state index >= 15 is 0 Å². The number of nitrogens with zero attached hydrogens (tertiary/aromatic N) is 4. The second-order valence-electron chi connectivity index (χ2n) is 6.08. The molecular formula is C19H15Cl2N5O2S. The van der Waals surface area contributed by atoms with Gasteiger partial charge in [-0.2, -0.15) is 9.61 Å². The monoisotopic (exact) mass is 447 g/mol. The average molecular weight is 448 g/mol. The van der Waals surface area contributed by atoms with E-state index in [1.807, 2.05) is 31.2 Å². The first-order valence-corrected chi connectivity index (χ1v) is 10.2. The lowest BCUT2D eigenvalue weighted by atomic mass is 10.1. The van der Waals surface area contributed by atoms with Crippen molar-refractivity contribution in [2.75, 3.05) is 12.4 Å². The summed E-state index contributed by atoms with van der Waals surface area (Å²) < 4.78 is 6.86. The molecule has 0 unspecified atom stereocenters. The quantitative estimate of drug-likeness (QED) is 0.466. The molecule has 0 fully saturated rings. The minimum absolute atomic E-state index is 0.273. The van der Waals surface area contributed by atoms with Gasteiger partial charge in [0.1, 0.15) is 5.01 Å².